The van der Waals surface area contributed by atoms with Gasteiger partial charge in [0.05, 0.1) is 18.2 Å². The van der Waals surface area contributed by atoms with Crippen LogP contribution in [0.5, 0.6) is 0 Å². The molecule has 1 aliphatic heterocycles. The highest BCUT2D eigenvalue weighted by Gasteiger charge is 2.23. The number of carbonyl (C=O) groups is 2. The minimum Gasteiger partial charge on any atom is -0.465 e. The maximum Gasteiger partial charge on any atom is 0.338 e. The molecule has 1 aliphatic rings. The Balaban J connectivity index is 1.68. The molecule has 0 saturated heterocycles. The van der Waals surface area contributed by atoms with Crippen LogP contribution in [0.25, 0.3) is 0 Å². The van der Waals surface area contributed by atoms with Gasteiger partial charge in [0, 0.05) is 25.2 Å². The van der Waals surface area contributed by atoms with Gasteiger partial charge >= 0.3 is 5.97 Å². The zero-order valence-corrected chi connectivity index (χ0v) is 15.3. The van der Waals surface area contributed by atoms with Crippen LogP contribution < -0.4 is 10.2 Å². The molecule has 0 bridgehead atoms. The van der Waals surface area contributed by atoms with Crippen LogP contribution in [0.2, 0.25) is 0 Å². The Kier molecular flexibility index (Phi) is 5.54. The molecular weight excluding hydrogens is 350 g/mol. The van der Waals surface area contributed by atoms with Crippen molar-refractivity contribution in [2.45, 2.75) is 19.3 Å². The summed E-state index contributed by atoms with van der Waals surface area (Å²) in [5, 5.41) is 14.2. The molecule has 3 rings (SSSR count). The first-order chi connectivity index (χ1) is 12.6. The Morgan fingerprint density at radius 2 is 2.23 bits per heavy atom. The summed E-state index contributed by atoms with van der Waals surface area (Å²) in [7, 11) is 1.38. The third kappa shape index (κ3) is 3.70. The number of carbonyl (C=O) groups excluding carboxylic acids is 2. The number of rotatable bonds is 5. The summed E-state index contributed by atoms with van der Waals surface area (Å²) in [5.74, 6) is -0.455. The molecule has 0 unspecified atom stereocenters. The second-order valence-corrected chi connectivity index (χ2v) is 6.87. The number of methoxy groups -OCH3 is 1. The number of nitriles is 1. The Morgan fingerprint density at radius 1 is 1.38 bits per heavy atom. The quantitative estimate of drug-likeness (QED) is 0.819. The van der Waals surface area contributed by atoms with E-state index in [1.165, 1.54) is 18.4 Å². The molecule has 1 aromatic carbocycles. The van der Waals surface area contributed by atoms with Gasteiger partial charge in [-0.3, -0.25) is 4.79 Å². The smallest absolute Gasteiger partial charge is 0.338 e. The van der Waals surface area contributed by atoms with Gasteiger partial charge in [-0.15, -0.1) is 11.3 Å². The first-order valence-electron chi connectivity index (χ1n) is 8.36. The lowest BCUT2D eigenvalue weighted by atomic mass is 9.96. The second kappa shape index (κ2) is 8.02. The van der Waals surface area contributed by atoms with Crippen molar-refractivity contribution in [2.24, 2.45) is 0 Å². The highest BCUT2D eigenvalue weighted by atomic mass is 32.1. The first-order valence-corrected chi connectivity index (χ1v) is 9.24. The number of nitrogens with zero attached hydrogens (tertiary/aromatic N) is 2. The maximum absolute atomic E-state index is 12.2. The van der Waals surface area contributed by atoms with Crippen molar-refractivity contribution < 1.29 is 14.3 Å². The molecule has 0 saturated carbocycles. The van der Waals surface area contributed by atoms with Crippen LogP contribution >= 0.6 is 11.3 Å². The van der Waals surface area contributed by atoms with Crippen molar-refractivity contribution in [3.63, 3.8) is 0 Å². The third-order valence-electron chi connectivity index (χ3n) is 4.40. The van der Waals surface area contributed by atoms with E-state index in [1.54, 1.807) is 17.5 Å². The first kappa shape index (κ1) is 18.0. The van der Waals surface area contributed by atoms with Gasteiger partial charge in [0.25, 0.3) is 0 Å². The molecule has 0 radical (unpaired) electrons. The van der Waals surface area contributed by atoms with Crippen LogP contribution in [0.1, 0.15) is 34.3 Å². The molecule has 1 aromatic heterocycles. The van der Waals surface area contributed by atoms with E-state index in [0.29, 0.717) is 29.1 Å². The number of nitrogens with one attached hydrogen (secondary N) is 1. The van der Waals surface area contributed by atoms with E-state index in [4.69, 9.17) is 10.00 Å². The van der Waals surface area contributed by atoms with E-state index in [2.05, 4.69) is 16.3 Å². The average molecular weight is 369 g/mol. The number of benzene rings is 1. The van der Waals surface area contributed by atoms with Crippen LogP contribution in [-0.2, 0) is 16.0 Å². The molecule has 0 fully saturated rings. The highest BCUT2D eigenvalue weighted by molar-refractivity contribution is 7.14. The Labute approximate surface area is 156 Å². The van der Waals surface area contributed by atoms with Crippen molar-refractivity contribution in [3.05, 3.63) is 46.3 Å². The van der Waals surface area contributed by atoms with E-state index in [9.17, 15) is 9.59 Å². The Hall–Kier alpha value is -2.85. The minimum atomic E-state index is -0.330. The number of hydrogen-bond donors (Lipinski definition) is 1. The SMILES string of the molecule is COC(=O)c1cccc2c1CCCN2CCC(=O)Nc1sccc1C#N. The van der Waals surface area contributed by atoms with Crippen molar-refractivity contribution in [1.29, 1.82) is 5.26 Å². The number of thiophene rings is 1. The molecular formula is C19H19N3O3S. The van der Waals surface area contributed by atoms with Crippen LogP contribution in [0.4, 0.5) is 10.7 Å². The number of hydrogen-bond acceptors (Lipinski definition) is 6. The second-order valence-electron chi connectivity index (χ2n) is 5.96. The summed E-state index contributed by atoms with van der Waals surface area (Å²) in [6, 6.07) is 9.35. The molecule has 134 valence electrons. The largest absolute Gasteiger partial charge is 0.465 e. The topological polar surface area (TPSA) is 82.4 Å². The summed E-state index contributed by atoms with van der Waals surface area (Å²) in [4.78, 5) is 26.3. The summed E-state index contributed by atoms with van der Waals surface area (Å²) >= 11 is 1.34. The normalized spacial score (nSPS) is 12.8. The number of amides is 1. The van der Waals surface area contributed by atoms with Crippen molar-refractivity contribution >= 4 is 33.9 Å². The van der Waals surface area contributed by atoms with Crippen LogP contribution in [0.15, 0.2) is 29.6 Å². The van der Waals surface area contributed by atoms with Crippen LogP contribution in [-0.4, -0.2) is 32.1 Å². The fourth-order valence-electron chi connectivity index (χ4n) is 3.15. The molecule has 7 heteroatoms. The maximum atomic E-state index is 12.2. The summed E-state index contributed by atoms with van der Waals surface area (Å²) in [6.07, 6.45) is 2.06. The van der Waals surface area contributed by atoms with Gasteiger partial charge in [-0.05, 0) is 42.0 Å². The van der Waals surface area contributed by atoms with Gasteiger partial charge in [0.15, 0.2) is 0 Å². The molecule has 0 atom stereocenters. The number of esters is 1. The van der Waals surface area contributed by atoms with Crippen LogP contribution in [0.3, 0.4) is 0 Å². The lowest BCUT2D eigenvalue weighted by molar-refractivity contribution is -0.116. The van der Waals surface area contributed by atoms with Gasteiger partial charge < -0.3 is 15.0 Å². The fourth-order valence-corrected chi connectivity index (χ4v) is 3.91. The van der Waals surface area contributed by atoms with Crippen LogP contribution in [0, 0.1) is 11.3 Å². The van der Waals surface area contributed by atoms with Gasteiger partial charge in [-0.1, -0.05) is 6.07 Å². The fraction of sp³-hybridized carbons (Fsp3) is 0.316. The number of fused-ring (bicyclic) bond motifs is 1. The van der Waals surface area contributed by atoms with E-state index in [-0.39, 0.29) is 11.9 Å². The molecule has 6 nitrogen and oxygen atoms in total. The third-order valence-corrected chi connectivity index (χ3v) is 5.23. The predicted octanol–water partition coefficient (Wildman–Crippen LogP) is 3.19. The molecule has 26 heavy (non-hydrogen) atoms. The molecule has 1 N–H and O–H groups in total. The molecule has 0 spiro atoms. The van der Waals surface area contributed by atoms with Gasteiger partial charge in [-0.2, -0.15) is 5.26 Å². The molecule has 1 amide bonds. The number of anilines is 2. The van der Waals surface area contributed by atoms with E-state index in [1.807, 2.05) is 12.1 Å². The van der Waals surface area contributed by atoms with Gasteiger partial charge in [0.1, 0.15) is 11.1 Å². The zero-order valence-electron chi connectivity index (χ0n) is 14.4. The number of ether oxygens (including phenoxy) is 1. The average Bonchev–Trinajstić information content (AvgIpc) is 3.12. The Bertz CT molecular complexity index is 869. The van der Waals surface area contributed by atoms with E-state index >= 15 is 0 Å². The summed E-state index contributed by atoms with van der Waals surface area (Å²) < 4.78 is 4.87. The minimum absolute atomic E-state index is 0.125. The van der Waals surface area contributed by atoms with Gasteiger partial charge in [-0.25, -0.2) is 4.79 Å². The van der Waals surface area contributed by atoms with Crippen molar-refractivity contribution in [1.82, 2.24) is 0 Å². The summed E-state index contributed by atoms with van der Waals surface area (Å²) in [6.45, 7) is 1.39. The molecule has 2 aromatic rings. The predicted molar refractivity (Wildman–Crippen MR) is 101 cm³/mol. The zero-order chi connectivity index (χ0) is 18.5. The van der Waals surface area contributed by atoms with E-state index in [0.717, 1.165) is 30.6 Å². The van der Waals surface area contributed by atoms with Crippen molar-refractivity contribution in [3.8, 4) is 6.07 Å². The lowest BCUT2D eigenvalue weighted by Gasteiger charge is -2.32. The Morgan fingerprint density at radius 3 is 3.00 bits per heavy atom. The van der Waals surface area contributed by atoms with Crippen molar-refractivity contribution in [2.75, 3.05) is 30.4 Å². The van der Waals surface area contributed by atoms with E-state index < -0.39 is 0 Å². The molecule has 2 heterocycles. The summed E-state index contributed by atoms with van der Waals surface area (Å²) in [5.41, 5.74) is 3.04. The standard InChI is InChI=1S/C19H19N3O3S/c1-25-19(24)15-4-2-6-16-14(15)5-3-9-22(16)10-7-17(23)21-18-13(12-20)8-11-26-18/h2,4,6,8,11H,3,5,7,9-10H2,1H3,(H,21,23). The van der Waals surface area contributed by atoms with Gasteiger partial charge in [0.2, 0.25) is 5.91 Å². The monoisotopic (exact) mass is 369 g/mol. The highest BCUT2D eigenvalue weighted by Crippen LogP contribution is 2.30. The molecule has 0 aliphatic carbocycles. The lowest BCUT2D eigenvalue weighted by Crippen LogP contribution is -2.33.